The van der Waals surface area contributed by atoms with Crippen LogP contribution in [0, 0.1) is 0 Å². The van der Waals surface area contributed by atoms with Crippen molar-refractivity contribution in [3.05, 3.63) is 108 Å². The predicted octanol–water partition coefficient (Wildman–Crippen LogP) is 2.36. The Bertz CT molecular complexity index is 2550. The topological polar surface area (TPSA) is 219 Å². The van der Waals surface area contributed by atoms with Gasteiger partial charge in [0.25, 0.3) is 11.8 Å². The molecule has 314 valence electrons. The van der Waals surface area contributed by atoms with Gasteiger partial charge in [-0.2, -0.15) is 5.10 Å². The zero-order chi connectivity index (χ0) is 42.1. The number of anilines is 1. The largest absolute Gasteiger partial charge is 0.382 e. The fourth-order valence-electron chi connectivity index (χ4n) is 7.15. The molecular weight excluding hydrogens is 787 g/mol. The van der Waals surface area contributed by atoms with Crippen molar-refractivity contribution in [3.63, 3.8) is 0 Å². The van der Waals surface area contributed by atoms with Crippen molar-refractivity contribution in [2.75, 3.05) is 51.4 Å². The lowest BCUT2D eigenvalue weighted by Crippen LogP contribution is -2.54. The smallest absolute Gasteiger partial charge is 0.264 e. The maximum absolute atomic E-state index is 13.2. The van der Waals surface area contributed by atoms with Gasteiger partial charge in [0.15, 0.2) is 0 Å². The average Bonchev–Trinajstić information content (AvgIpc) is 4.07. The van der Waals surface area contributed by atoms with E-state index in [9.17, 15) is 24.0 Å². The van der Waals surface area contributed by atoms with E-state index in [4.69, 9.17) is 14.2 Å². The van der Waals surface area contributed by atoms with Crippen molar-refractivity contribution in [2.45, 2.75) is 38.6 Å². The van der Waals surface area contributed by atoms with Crippen LogP contribution in [0.2, 0.25) is 0 Å². The van der Waals surface area contributed by atoms with Crippen molar-refractivity contribution in [2.24, 2.45) is 0 Å². The number of hydrogen-bond acceptors (Lipinski definition) is 13. The number of nitrogens with one attached hydrogen (secondary N) is 3. The van der Waals surface area contributed by atoms with E-state index < -0.39 is 29.7 Å². The Morgan fingerprint density at radius 2 is 1.66 bits per heavy atom. The van der Waals surface area contributed by atoms with Crippen LogP contribution in [0.15, 0.2) is 91.6 Å². The number of aromatic nitrogens is 7. The van der Waals surface area contributed by atoms with Gasteiger partial charge >= 0.3 is 0 Å². The fraction of sp³-hybridized carbons (Fsp3) is 0.310. The summed E-state index contributed by atoms with van der Waals surface area (Å²) in [5, 5.41) is 20.8. The first-order chi connectivity index (χ1) is 29.8. The Balaban J connectivity index is 0.667. The van der Waals surface area contributed by atoms with Crippen LogP contribution in [-0.2, 0) is 48.3 Å². The normalized spacial score (nSPS) is 15.1. The van der Waals surface area contributed by atoms with Crippen LogP contribution in [-0.4, -0.2) is 121 Å². The van der Waals surface area contributed by atoms with Crippen LogP contribution in [0.3, 0.4) is 0 Å². The van der Waals surface area contributed by atoms with Gasteiger partial charge in [-0.1, -0.05) is 35.5 Å². The minimum absolute atomic E-state index is 0.0559. The molecule has 8 rings (SSSR count). The number of carbonyl (C=O) groups excluding carboxylic acids is 5. The first kappa shape index (κ1) is 40.7. The number of imidazole rings is 1. The van der Waals surface area contributed by atoms with E-state index in [1.54, 1.807) is 40.0 Å². The second kappa shape index (κ2) is 18.9. The van der Waals surface area contributed by atoms with Gasteiger partial charge < -0.3 is 24.8 Å². The van der Waals surface area contributed by atoms with Gasteiger partial charge in [-0.3, -0.25) is 48.1 Å². The molecule has 5 heterocycles. The van der Waals surface area contributed by atoms with Crippen molar-refractivity contribution in [3.8, 4) is 16.8 Å². The number of hydrogen-bond donors (Lipinski definition) is 3. The Hall–Kier alpha value is -7.09. The second-order valence-corrected chi connectivity index (χ2v) is 14.3. The van der Waals surface area contributed by atoms with Crippen LogP contribution >= 0.6 is 0 Å². The summed E-state index contributed by atoms with van der Waals surface area (Å²) in [6.45, 7) is 3.19. The van der Waals surface area contributed by atoms with Crippen molar-refractivity contribution < 1.29 is 38.2 Å². The zero-order valence-electron chi connectivity index (χ0n) is 33.1. The SMILES string of the molecule is O=C(Cn1cc(-c2ccc3c(c2)ncn3-c2ccccc2)cn1)NCCn1cc(COCCOCCOCCNc2cccc3c2C(=O)N(C2CCC(=O)NC2=O)C3=O)nn1. The Labute approximate surface area is 348 Å². The highest BCUT2D eigenvalue weighted by atomic mass is 16.5. The van der Waals surface area contributed by atoms with E-state index in [-0.39, 0.29) is 43.0 Å². The summed E-state index contributed by atoms with van der Waals surface area (Å²) in [4.78, 5) is 68.3. The first-order valence-electron chi connectivity index (χ1n) is 19.8. The summed E-state index contributed by atoms with van der Waals surface area (Å²) in [7, 11) is 0. The highest BCUT2D eigenvalue weighted by molar-refractivity contribution is 6.25. The van der Waals surface area contributed by atoms with Gasteiger partial charge in [-0.15, -0.1) is 5.10 Å². The summed E-state index contributed by atoms with van der Waals surface area (Å²) in [6.07, 6.45) is 7.31. The Morgan fingerprint density at radius 3 is 2.49 bits per heavy atom. The molecule has 3 N–H and O–H groups in total. The lowest BCUT2D eigenvalue weighted by atomic mass is 10.0. The minimum Gasteiger partial charge on any atom is -0.382 e. The van der Waals surface area contributed by atoms with E-state index in [1.807, 2.05) is 65.6 Å². The van der Waals surface area contributed by atoms with E-state index in [2.05, 4.69) is 36.3 Å². The molecular formula is C42H43N11O8. The number of imide groups is 2. The third kappa shape index (κ3) is 9.54. The number of nitrogens with zero attached hydrogens (tertiary/aromatic N) is 8. The summed E-state index contributed by atoms with van der Waals surface area (Å²) >= 11 is 0. The third-order valence-corrected chi connectivity index (χ3v) is 10.1. The van der Waals surface area contributed by atoms with E-state index in [1.165, 1.54) is 0 Å². The Morgan fingerprint density at radius 1 is 0.836 bits per heavy atom. The molecule has 5 amide bonds. The van der Waals surface area contributed by atoms with Crippen molar-refractivity contribution in [1.82, 2.24) is 49.9 Å². The quantitative estimate of drug-likeness (QED) is 0.0745. The summed E-state index contributed by atoms with van der Waals surface area (Å²) in [5.74, 6) is -2.38. The van der Waals surface area contributed by atoms with Gasteiger partial charge in [0.2, 0.25) is 17.7 Å². The number of fused-ring (bicyclic) bond motifs is 2. The van der Waals surface area contributed by atoms with Gasteiger partial charge in [-0.05, 0) is 48.4 Å². The number of para-hydroxylation sites is 1. The van der Waals surface area contributed by atoms with Crippen LogP contribution in [0.4, 0.5) is 5.69 Å². The second-order valence-electron chi connectivity index (χ2n) is 14.3. The average molecular weight is 830 g/mol. The van der Waals surface area contributed by atoms with Crippen LogP contribution in [0.5, 0.6) is 0 Å². The van der Waals surface area contributed by atoms with Crippen LogP contribution < -0.4 is 16.0 Å². The Kier molecular flexibility index (Phi) is 12.6. The molecule has 1 fully saturated rings. The molecule has 3 aromatic heterocycles. The molecule has 0 saturated carbocycles. The van der Waals surface area contributed by atoms with E-state index in [0.717, 1.165) is 32.7 Å². The monoisotopic (exact) mass is 829 g/mol. The molecule has 1 saturated heterocycles. The standard InChI is InChI=1S/C42H43N11O8/c54-37-12-11-36(40(56)47-37)53-41(57)32-7-4-8-33(39(32)42(53)58)43-14-16-59-17-18-60-19-20-61-26-30-24-50(49-48-30)15-13-44-38(55)25-51-23-29(22-46-51)28-9-10-35-34(21-28)45-27-52(35)31-5-2-1-3-6-31/h1-10,21-24,27,36,43H,11-20,25-26H2,(H,44,55)(H,47,54,56). The summed E-state index contributed by atoms with van der Waals surface area (Å²) in [5.41, 5.74) is 6.28. The molecule has 6 aromatic rings. The maximum Gasteiger partial charge on any atom is 0.264 e. The summed E-state index contributed by atoms with van der Waals surface area (Å²) in [6, 6.07) is 20.0. The van der Waals surface area contributed by atoms with Gasteiger partial charge in [0.05, 0.1) is 80.7 Å². The van der Waals surface area contributed by atoms with Gasteiger partial charge in [-0.25, -0.2) is 4.98 Å². The minimum atomic E-state index is -1.02. The molecule has 2 aliphatic rings. The predicted molar refractivity (Wildman–Crippen MR) is 218 cm³/mol. The van der Waals surface area contributed by atoms with Crippen LogP contribution in [0.1, 0.15) is 39.3 Å². The number of piperidine rings is 1. The number of benzene rings is 3. The molecule has 0 bridgehead atoms. The number of ether oxygens (including phenoxy) is 3. The zero-order valence-corrected chi connectivity index (χ0v) is 33.1. The fourth-order valence-corrected chi connectivity index (χ4v) is 7.15. The van der Waals surface area contributed by atoms with Crippen molar-refractivity contribution >= 4 is 46.3 Å². The van der Waals surface area contributed by atoms with E-state index in [0.29, 0.717) is 64.0 Å². The summed E-state index contributed by atoms with van der Waals surface area (Å²) < 4.78 is 22.2. The number of amides is 5. The van der Waals surface area contributed by atoms with E-state index >= 15 is 0 Å². The van der Waals surface area contributed by atoms with Crippen LogP contribution in [0.25, 0.3) is 27.8 Å². The number of rotatable bonds is 20. The lowest BCUT2D eigenvalue weighted by Gasteiger charge is -2.27. The molecule has 0 spiro atoms. The highest BCUT2D eigenvalue weighted by Crippen LogP contribution is 2.32. The first-order valence-corrected chi connectivity index (χ1v) is 19.8. The molecule has 19 heteroatoms. The molecule has 3 aromatic carbocycles. The molecule has 61 heavy (non-hydrogen) atoms. The molecule has 19 nitrogen and oxygen atoms in total. The highest BCUT2D eigenvalue weighted by Gasteiger charge is 2.45. The van der Waals surface area contributed by atoms with Gasteiger partial charge in [0, 0.05) is 42.6 Å². The molecule has 2 aliphatic heterocycles. The van der Waals surface area contributed by atoms with Crippen molar-refractivity contribution in [1.29, 1.82) is 0 Å². The molecule has 0 radical (unpaired) electrons. The number of carbonyl (C=O) groups is 5. The van der Waals surface area contributed by atoms with Gasteiger partial charge in [0.1, 0.15) is 24.6 Å². The molecule has 1 unspecified atom stereocenters. The third-order valence-electron chi connectivity index (χ3n) is 10.1. The molecule has 0 aliphatic carbocycles. The lowest BCUT2D eigenvalue weighted by molar-refractivity contribution is -0.136. The molecule has 1 atom stereocenters. The maximum atomic E-state index is 13.2.